The molecule has 0 saturated heterocycles. The molecule has 1 heterocycles. The largest absolute Gasteiger partial charge is 0.348 e. The highest BCUT2D eigenvalue weighted by Crippen LogP contribution is 2.23. The molecule has 0 aromatic carbocycles. The lowest BCUT2D eigenvalue weighted by molar-refractivity contribution is 0.0923. The third-order valence-electron chi connectivity index (χ3n) is 2.84. The minimum Gasteiger partial charge on any atom is -0.348 e. The Balaban J connectivity index is 1.88. The molecule has 1 amide bonds. The number of carbonyl (C=O) groups is 1. The molecule has 3 nitrogen and oxygen atoms in total. The number of alkyl halides is 1. The first-order chi connectivity index (χ1) is 7.65. The van der Waals surface area contributed by atoms with Gasteiger partial charge in [-0.25, -0.2) is 4.98 Å². The number of aryl methyl sites for hydroxylation is 1. The number of hydrogen-bond acceptors (Lipinski definition) is 3. The van der Waals surface area contributed by atoms with Crippen LogP contribution in [0.2, 0.25) is 0 Å². The van der Waals surface area contributed by atoms with Crippen molar-refractivity contribution in [2.75, 3.05) is 0 Å². The molecule has 0 aliphatic heterocycles. The van der Waals surface area contributed by atoms with Gasteiger partial charge in [-0.3, -0.25) is 4.79 Å². The van der Waals surface area contributed by atoms with E-state index in [-0.39, 0.29) is 17.3 Å². The average Bonchev–Trinajstić information content (AvgIpc) is 2.68. The van der Waals surface area contributed by atoms with E-state index in [4.69, 9.17) is 11.6 Å². The average molecular weight is 259 g/mol. The summed E-state index contributed by atoms with van der Waals surface area (Å²) in [5.41, 5.74) is 0.537. The van der Waals surface area contributed by atoms with E-state index in [1.54, 1.807) is 5.38 Å². The molecule has 0 spiro atoms. The quantitative estimate of drug-likeness (QED) is 0.829. The number of carbonyl (C=O) groups excluding carboxylic acids is 1. The van der Waals surface area contributed by atoms with Crippen LogP contribution in [0.5, 0.6) is 0 Å². The molecule has 1 aliphatic rings. The van der Waals surface area contributed by atoms with Crippen molar-refractivity contribution >= 4 is 28.8 Å². The Morgan fingerprint density at radius 3 is 2.75 bits per heavy atom. The van der Waals surface area contributed by atoms with Gasteiger partial charge >= 0.3 is 0 Å². The van der Waals surface area contributed by atoms with Gasteiger partial charge in [0, 0.05) is 16.8 Å². The van der Waals surface area contributed by atoms with Crippen molar-refractivity contribution in [2.45, 2.75) is 44.0 Å². The number of thiazole rings is 1. The van der Waals surface area contributed by atoms with Crippen molar-refractivity contribution in [2.24, 2.45) is 0 Å². The highest BCUT2D eigenvalue weighted by Gasteiger charge is 2.21. The van der Waals surface area contributed by atoms with Crippen LogP contribution >= 0.6 is 22.9 Å². The molecule has 0 radical (unpaired) electrons. The normalized spacial score (nSPS) is 25.4. The fourth-order valence-electron chi connectivity index (χ4n) is 1.92. The summed E-state index contributed by atoms with van der Waals surface area (Å²) in [5.74, 6) is -0.0534. The minimum absolute atomic E-state index is 0.0534. The van der Waals surface area contributed by atoms with Gasteiger partial charge in [-0.15, -0.1) is 22.9 Å². The predicted octanol–water partition coefficient (Wildman–Crippen LogP) is 2.73. The van der Waals surface area contributed by atoms with Gasteiger partial charge in [0.2, 0.25) is 0 Å². The lowest BCUT2D eigenvalue weighted by Gasteiger charge is -2.25. The molecule has 0 atom stereocenters. The highest BCUT2D eigenvalue weighted by atomic mass is 35.5. The summed E-state index contributed by atoms with van der Waals surface area (Å²) in [6, 6.07) is 0.268. The number of hydrogen-bond donors (Lipinski definition) is 1. The van der Waals surface area contributed by atoms with Gasteiger partial charge in [-0.1, -0.05) is 0 Å². The Kier molecular flexibility index (Phi) is 3.82. The second-order valence-electron chi connectivity index (χ2n) is 4.17. The molecule has 5 heteroatoms. The molecule has 0 unspecified atom stereocenters. The van der Waals surface area contributed by atoms with Crippen LogP contribution < -0.4 is 5.32 Å². The Morgan fingerprint density at radius 2 is 2.19 bits per heavy atom. The van der Waals surface area contributed by atoms with Crippen LogP contribution in [0.25, 0.3) is 0 Å². The lowest BCUT2D eigenvalue weighted by atomic mass is 9.95. The predicted molar refractivity (Wildman–Crippen MR) is 66.2 cm³/mol. The minimum atomic E-state index is -0.0534. The van der Waals surface area contributed by atoms with Crippen LogP contribution in [-0.2, 0) is 0 Å². The molecule has 1 aromatic rings. The number of aromatic nitrogens is 1. The molecular weight excluding hydrogens is 244 g/mol. The maximum atomic E-state index is 11.8. The maximum Gasteiger partial charge on any atom is 0.270 e. The maximum absolute atomic E-state index is 11.8. The summed E-state index contributed by atoms with van der Waals surface area (Å²) in [6.45, 7) is 1.90. The van der Waals surface area contributed by atoms with Crippen molar-refractivity contribution in [1.29, 1.82) is 0 Å². The molecule has 16 heavy (non-hydrogen) atoms. The Hall–Kier alpha value is -0.610. The van der Waals surface area contributed by atoms with Crippen molar-refractivity contribution < 1.29 is 4.79 Å². The molecule has 1 N–H and O–H groups in total. The Bertz CT molecular complexity index is 372. The van der Waals surface area contributed by atoms with E-state index in [9.17, 15) is 4.79 Å². The number of halogens is 1. The monoisotopic (exact) mass is 258 g/mol. The molecule has 0 bridgehead atoms. The van der Waals surface area contributed by atoms with Crippen LogP contribution in [0.3, 0.4) is 0 Å². The van der Waals surface area contributed by atoms with Crippen LogP contribution in [0, 0.1) is 6.92 Å². The Labute approximate surface area is 104 Å². The SMILES string of the molecule is Cc1nc(C(=O)NC2CCC(Cl)CC2)cs1. The molecular formula is C11H15ClN2OS. The Morgan fingerprint density at radius 1 is 1.50 bits per heavy atom. The highest BCUT2D eigenvalue weighted by molar-refractivity contribution is 7.09. The van der Waals surface area contributed by atoms with E-state index >= 15 is 0 Å². The topological polar surface area (TPSA) is 42.0 Å². The second kappa shape index (κ2) is 5.15. The molecule has 2 rings (SSSR count). The van der Waals surface area contributed by atoms with Gasteiger partial charge < -0.3 is 5.32 Å². The first-order valence-corrected chi connectivity index (χ1v) is 6.84. The van der Waals surface area contributed by atoms with E-state index in [2.05, 4.69) is 10.3 Å². The van der Waals surface area contributed by atoms with E-state index in [1.165, 1.54) is 11.3 Å². The summed E-state index contributed by atoms with van der Waals surface area (Å²) in [6.07, 6.45) is 3.93. The molecule has 1 fully saturated rings. The van der Waals surface area contributed by atoms with Gasteiger partial charge in [0.25, 0.3) is 5.91 Å². The molecule has 1 aromatic heterocycles. The third-order valence-corrected chi connectivity index (χ3v) is 4.05. The van der Waals surface area contributed by atoms with Gasteiger partial charge in [0.1, 0.15) is 5.69 Å². The third kappa shape index (κ3) is 2.95. The van der Waals surface area contributed by atoms with Crippen molar-refractivity contribution in [3.8, 4) is 0 Å². The van der Waals surface area contributed by atoms with Crippen LogP contribution in [0.1, 0.15) is 41.2 Å². The molecule has 1 aliphatic carbocycles. The van der Waals surface area contributed by atoms with E-state index < -0.39 is 0 Å². The van der Waals surface area contributed by atoms with Crippen LogP contribution in [0.4, 0.5) is 0 Å². The standard InChI is InChI=1S/C11H15ClN2OS/c1-7-13-10(6-16-7)11(15)14-9-4-2-8(12)3-5-9/h6,8-9H,2-5H2,1H3,(H,14,15). The lowest BCUT2D eigenvalue weighted by Crippen LogP contribution is -2.37. The van der Waals surface area contributed by atoms with Crippen molar-refractivity contribution in [3.05, 3.63) is 16.1 Å². The summed E-state index contributed by atoms with van der Waals surface area (Å²) in [7, 11) is 0. The van der Waals surface area contributed by atoms with Gasteiger partial charge in [-0.05, 0) is 32.6 Å². The summed E-state index contributed by atoms with van der Waals surface area (Å²) >= 11 is 7.52. The smallest absolute Gasteiger partial charge is 0.270 e. The zero-order valence-corrected chi connectivity index (χ0v) is 10.8. The first kappa shape index (κ1) is 11.9. The number of amides is 1. The van der Waals surface area contributed by atoms with Crippen LogP contribution in [-0.4, -0.2) is 22.3 Å². The molecule has 1 saturated carbocycles. The number of rotatable bonds is 2. The van der Waals surface area contributed by atoms with E-state index in [0.29, 0.717) is 5.69 Å². The van der Waals surface area contributed by atoms with Gasteiger partial charge in [0.05, 0.1) is 5.01 Å². The fraction of sp³-hybridized carbons (Fsp3) is 0.636. The number of nitrogens with zero attached hydrogens (tertiary/aromatic N) is 1. The zero-order valence-electron chi connectivity index (χ0n) is 9.20. The van der Waals surface area contributed by atoms with Crippen LogP contribution in [0.15, 0.2) is 5.38 Å². The van der Waals surface area contributed by atoms with Crippen molar-refractivity contribution in [3.63, 3.8) is 0 Å². The second-order valence-corrected chi connectivity index (χ2v) is 5.85. The number of nitrogens with one attached hydrogen (secondary N) is 1. The zero-order chi connectivity index (χ0) is 11.5. The van der Waals surface area contributed by atoms with Crippen molar-refractivity contribution in [1.82, 2.24) is 10.3 Å². The van der Waals surface area contributed by atoms with Gasteiger partial charge in [-0.2, -0.15) is 0 Å². The van der Waals surface area contributed by atoms with Gasteiger partial charge in [0.15, 0.2) is 0 Å². The van der Waals surface area contributed by atoms with E-state index in [1.807, 2.05) is 6.92 Å². The van der Waals surface area contributed by atoms with E-state index in [0.717, 1.165) is 30.7 Å². The summed E-state index contributed by atoms with van der Waals surface area (Å²) in [4.78, 5) is 16.0. The summed E-state index contributed by atoms with van der Waals surface area (Å²) < 4.78 is 0. The summed E-state index contributed by atoms with van der Waals surface area (Å²) in [5, 5.41) is 6.03. The fourth-order valence-corrected chi connectivity index (χ4v) is 2.77. The molecule has 88 valence electrons. The first-order valence-electron chi connectivity index (χ1n) is 5.52.